The highest BCUT2D eigenvalue weighted by Crippen LogP contribution is 2.29. The quantitative estimate of drug-likeness (QED) is 0.718. The molecule has 0 spiro atoms. The highest BCUT2D eigenvalue weighted by atomic mass is 79.9. The molecule has 0 aromatic carbocycles. The zero-order valence-electron chi connectivity index (χ0n) is 13.1. The van der Waals surface area contributed by atoms with Crippen molar-refractivity contribution in [2.75, 3.05) is 16.8 Å². The van der Waals surface area contributed by atoms with Crippen LogP contribution in [0.25, 0.3) is 11.0 Å². The molecule has 1 aliphatic rings. The Hall–Kier alpha value is -2.49. The van der Waals surface area contributed by atoms with Gasteiger partial charge in [-0.3, -0.25) is 9.48 Å². The highest BCUT2D eigenvalue weighted by Gasteiger charge is 2.34. The van der Waals surface area contributed by atoms with Crippen LogP contribution in [0.15, 0.2) is 23.3 Å². The van der Waals surface area contributed by atoms with Gasteiger partial charge in [-0.2, -0.15) is 10.2 Å². The molecule has 3 aromatic rings. The summed E-state index contributed by atoms with van der Waals surface area (Å²) < 4.78 is 4.01. The predicted molar refractivity (Wildman–Crippen MR) is 91.6 cm³/mol. The Morgan fingerprint density at radius 2 is 2.17 bits per heavy atom. The van der Waals surface area contributed by atoms with Crippen LogP contribution in [-0.4, -0.2) is 48.0 Å². The van der Waals surface area contributed by atoms with E-state index in [0.717, 1.165) is 11.1 Å². The Morgan fingerprint density at radius 3 is 2.92 bits per heavy atom. The van der Waals surface area contributed by atoms with E-state index in [9.17, 15) is 4.79 Å². The maximum Gasteiger partial charge on any atom is 0.249 e. The van der Waals surface area contributed by atoms with E-state index < -0.39 is 0 Å². The molecule has 10 heteroatoms. The molecule has 1 N–H and O–H groups in total. The fraction of sp³-hybridized carbons (Fsp3) is 0.357. The second kappa shape index (κ2) is 5.55. The summed E-state index contributed by atoms with van der Waals surface area (Å²) in [5.74, 6) is 0.612. The van der Waals surface area contributed by atoms with Crippen LogP contribution in [0, 0.1) is 0 Å². The van der Waals surface area contributed by atoms with Gasteiger partial charge < -0.3 is 10.2 Å². The molecule has 4 rings (SSSR count). The summed E-state index contributed by atoms with van der Waals surface area (Å²) in [5, 5.41) is 12.4. The second-order valence-corrected chi connectivity index (χ2v) is 6.43. The van der Waals surface area contributed by atoms with Gasteiger partial charge in [-0.1, -0.05) is 0 Å². The largest absolute Gasteiger partial charge is 0.358 e. The van der Waals surface area contributed by atoms with E-state index in [4.69, 9.17) is 0 Å². The number of aryl methyl sites for hydroxylation is 2. The first kappa shape index (κ1) is 15.1. The SMILES string of the molecule is Cn1cc(N2CCC(Nc3ncnc4c3c(Br)nn4C)C2=O)cn1. The Labute approximate surface area is 145 Å². The molecule has 1 saturated heterocycles. The third kappa shape index (κ3) is 2.33. The molecule has 0 radical (unpaired) electrons. The van der Waals surface area contributed by atoms with E-state index in [-0.39, 0.29) is 11.9 Å². The summed E-state index contributed by atoms with van der Waals surface area (Å²) >= 11 is 3.43. The molecule has 3 aromatic heterocycles. The lowest BCUT2D eigenvalue weighted by molar-refractivity contribution is -0.117. The smallest absolute Gasteiger partial charge is 0.249 e. The lowest BCUT2D eigenvalue weighted by Crippen LogP contribution is -2.33. The van der Waals surface area contributed by atoms with Crippen molar-refractivity contribution < 1.29 is 4.79 Å². The topological polar surface area (TPSA) is 93.8 Å². The summed E-state index contributed by atoms with van der Waals surface area (Å²) in [4.78, 5) is 23.0. The van der Waals surface area contributed by atoms with E-state index in [0.29, 0.717) is 29.0 Å². The predicted octanol–water partition coefficient (Wildman–Crippen LogP) is 1.08. The van der Waals surface area contributed by atoms with E-state index in [1.165, 1.54) is 6.33 Å². The molecule has 0 saturated carbocycles. The van der Waals surface area contributed by atoms with Gasteiger partial charge in [-0.15, -0.1) is 0 Å². The Balaban J connectivity index is 1.62. The molecule has 1 unspecified atom stereocenters. The number of fused-ring (bicyclic) bond motifs is 1. The van der Waals surface area contributed by atoms with Crippen molar-refractivity contribution in [3.63, 3.8) is 0 Å². The minimum Gasteiger partial charge on any atom is -0.358 e. The van der Waals surface area contributed by atoms with Crippen LogP contribution in [0.2, 0.25) is 0 Å². The number of hydrogen-bond donors (Lipinski definition) is 1. The van der Waals surface area contributed by atoms with Crippen LogP contribution in [0.5, 0.6) is 0 Å². The van der Waals surface area contributed by atoms with E-state index >= 15 is 0 Å². The molecule has 1 atom stereocenters. The summed E-state index contributed by atoms with van der Waals surface area (Å²) in [6.07, 6.45) is 5.69. The number of halogens is 1. The molecule has 1 amide bonds. The van der Waals surface area contributed by atoms with Gasteiger partial charge >= 0.3 is 0 Å². The average Bonchev–Trinajstić information content (AvgIpc) is 3.21. The Kier molecular flexibility index (Phi) is 3.48. The van der Waals surface area contributed by atoms with Crippen molar-refractivity contribution >= 4 is 44.4 Å². The molecule has 9 nitrogen and oxygen atoms in total. The second-order valence-electron chi connectivity index (χ2n) is 5.68. The van der Waals surface area contributed by atoms with Gasteiger partial charge in [0.25, 0.3) is 0 Å². The van der Waals surface area contributed by atoms with Crippen molar-refractivity contribution in [3.05, 3.63) is 23.3 Å². The number of anilines is 2. The number of aromatic nitrogens is 6. The van der Waals surface area contributed by atoms with E-state index in [2.05, 4.69) is 41.4 Å². The molecule has 24 heavy (non-hydrogen) atoms. The van der Waals surface area contributed by atoms with Gasteiger partial charge in [0.1, 0.15) is 22.8 Å². The van der Waals surface area contributed by atoms with Crippen LogP contribution < -0.4 is 10.2 Å². The third-order valence-electron chi connectivity index (χ3n) is 4.10. The molecular weight excluding hydrogens is 376 g/mol. The average molecular weight is 391 g/mol. The summed E-state index contributed by atoms with van der Waals surface area (Å²) in [6, 6.07) is -0.338. The van der Waals surface area contributed by atoms with Crippen LogP contribution >= 0.6 is 15.9 Å². The van der Waals surface area contributed by atoms with Crippen LogP contribution in [0.4, 0.5) is 11.5 Å². The molecule has 4 heterocycles. The number of carbonyl (C=O) groups excluding carboxylic acids is 1. The summed E-state index contributed by atoms with van der Waals surface area (Å²) in [7, 11) is 3.64. The van der Waals surface area contributed by atoms with Gasteiger partial charge in [-0.25, -0.2) is 14.6 Å². The summed E-state index contributed by atoms with van der Waals surface area (Å²) in [5.41, 5.74) is 1.51. The molecule has 1 aliphatic heterocycles. The van der Waals surface area contributed by atoms with Crippen molar-refractivity contribution in [3.8, 4) is 0 Å². The van der Waals surface area contributed by atoms with Gasteiger partial charge in [0, 0.05) is 26.8 Å². The van der Waals surface area contributed by atoms with Gasteiger partial charge in [0.15, 0.2) is 5.65 Å². The molecular formula is C14H15BrN8O. The van der Waals surface area contributed by atoms with Crippen molar-refractivity contribution in [1.29, 1.82) is 0 Å². The Morgan fingerprint density at radius 1 is 1.33 bits per heavy atom. The van der Waals surface area contributed by atoms with Crippen LogP contribution in [-0.2, 0) is 18.9 Å². The fourth-order valence-corrected chi connectivity index (χ4v) is 3.54. The number of carbonyl (C=O) groups is 1. The van der Waals surface area contributed by atoms with Gasteiger partial charge in [0.2, 0.25) is 5.91 Å². The number of nitrogens with one attached hydrogen (secondary N) is 1. The van der Waals surface area contributed by atoms with E-state index in [1.54, 1.807) is 20.5 Å². The monoisotopic (exact) mass is 390 g/mol. The number of nitrogens with zero attached hydrogens (tertiary/aromatic N) is 7. The normalized spacial score (nSPS) is 17.9. The van der Waals surface area contributed by atoms with Gasteiger partial charge in [-0.05, 0) is 22.4 Å². The number of amides is 1. The molecule has 1 fully saturated rings. The number of rotatable bonds is 3. The summed E-state index contributed by atoms with van der Waals surface area (Å²) in [6.45, 7) is 0.643. The maximum absolute atomic E-state index is 12.7. The highest BCUT2D eigenvalue weighted by molar-refractivity contribution is 9.10. The fourth-order valence-electron chi connectivity index (χ4n) is 2.93. The lowest BCUT2D eigenvalue weighted by atomic mass is 10.2. The lowest BCUT2D eigenvalue weighted by Gasteiger charge is -2.15. The minimum atomic E-state index is -0.338. The molecule has 0 aliphatic carbocycles. The third-order valence-corrected chi connectivity index (χ3v) is 4.65. The maximum atomic E-state index is 12.7. The number of hydrogen-bond acceptors (Lipinski definition) is 6. The van der Waals surface area contributed by atoms with Crippen molar-refractivity contribution in [2.45, 2.75) is 12.5 Å². The van der Waals surface area contributed by atoms with Gasteiger partial charge in [0.05, 0.1) is 17.3 Å². The first-order valence-electron chi connectivity index (χ1n) is 7.44. The standard InChI is InChI=1S/C14H15BrN8O/c1-21-6-8(5-18-21)23-4-3-9(14(23)24)19-12-10-11(15)20-22(2)13(10)17-7-16-12/h5-7,9H,3-4H2,1-2H3,(H,16,17,19). The zero-order valence-corrected chi connectivity index (χ0v) is 14.7. The zero-order chi connectivity index (χ0) is 16.8. The van der Waals surface area contributed by atoms with Crippen LogP contribution in [0.1, 0.15) is 6.42 Å². The first-order valence-corrected chi connectivity index (χ1v) is 8.23. The van der Waals surface area contributed by atoms with Crippen LogP contribution in [0.3, 0.4) is 0 Å². The molecule has 0 bridgehead atoms. The Bertz CT molecular complexity index is 932. The van der Waals surface area contributed by atoms with Crippen molar-refractivity contribution in [2.24, 2.45) is 14.1 Å². The van der Waals surface area contributed by atoms with E-state index in [1.807, 2.05) is 20.3 Å². The minimum absolute atomic E-state index is 0.00905. The first-order chi connectivity index (χ1) is 11.5. The van der Waals surface area contributed by atoms with Crippen molar-refractivity contribution in [1.82, 2.24) is 29.5 Å². The molecule has 124 valence electrons.